The summed E-state index contributed by atoms with van der Waals surface area (Å²) in [5, 5.41) is 10.3. The number of furan rings is 1. The van der Waals surface area contributed by atoms with E-state index in [-0.39, 0.29) is 0 Å². The van der Waals surface area contributed by atoms with Crippen molar-refractivity contribution in [3.63, 3.8) is 0 Å². The summed E-state index contributed by atoms with van der Waals surface area (Å²) in [6, 6.07) is 10.2. The predicted molar refractivity (Wildman–Crippen MR) is 95.4 cm³/mol. The molecule has 2 aliphatic rings. The van der Waals surface area contributed by atoms with Crippen molar-refractivity contribution in [3.05, 3.63) is 36.2 Å². The maximum Gasteiger partial charge on any atom is 0.199 e. The van der Waals surface area contributed by atoms with Crippen LogP contribution in [0.4, 0.5) is 0 Å². The van der Waals surface area contributed by atoms with E-state index in [1.165, 1.54) is 19.3 Å². The lowest BCUT2D eigenvalue weighted by molar-refractivity contribution is 0.0556. The summed E-state index contributed by atoms with van der Waals surface area (Å²) < 4.78 is 13.9. The first-order valence-corrected chi connectivity index (χ1v) is 9.40. The zero-order valence-electron chi connectivity index (χ0n) is 14.4. The van der Waals surface area contributed by atoms with Crippen LogP contribution in [0.5, 0.6) is 0 Å². The maximum atomic E-state index is 6.06. The van der Waals surface area contributed by atoms with Crippen molar-refractivity contribution in [2.24, 2.45) is 5.92 Å². The zero-order chi connectivity index (χ0) is 16.6. The Labute approximate surface area is 147 Å². The quantitative estimate of drug-likeness (QED) is 0.696. The second kappa shape index (κ2) is 6.30. The Kier molecular flexibility index (Phi) is 3.82. The first kappa shape index (κ1) is 15.1. The molecule has 2 aromatic heterocycles. The van der Waals surface area contributed by atoms with Gasteiger partial charge >= 0.3 is 0 Å². The van der Waals surface area contributed by atoms with Crippen molar-refractivity contribution in [2.45, 2.75) is 44.6 Å². The number of rotatable bonds is 2. The van der Waals surface area contributed by atoms with Gasteiger partial charge in [-0.15, -0.1) is 10.2 Å². The molecule has 1 atom stereocenters. The molecule has 1 saturated heterocycles. The van der Waals surface area contributed by atoms with Crippen LogP contribution in [0.3, 0.4) is 0 Å². The van der Waals surface area contributed by atoms with E-state index < -0.39 is 0 Å². The maximum absolute atomic E-state index is 6.06. The highest BCUT2D eigenvalue weighted by molar-refractivity contribution is 5.81. The number of aromatic nitrogens is 3. The molecule has 3 aromatic rings. The zero-order valence-corrected chi connectivity index (χ0v) is 14.4. The molecule has 0 aliphatic carbocycles. The number of ether oxygens (including phenoxy) is 1. The third kappa shape index (κ3) is 2.67. The monoisotopic (exact) mass is 337 g/mol. The van der Waals surface area contributed by atoms with Gasteiger partial charge in [0.05, 0.1) is 0 Å². The first-order valence-electron chi connectivity index (χ1n) is 9.40. The van der Waals surface area contributed by atoms with Gasteiger partial charge in [0.15, 0.2) is 11.6 Å². The van der Waals surface area contributed by atoms with E-state index in [0.29, 0.717) is 11.8 Å². The molecule has 0 radical (unpaired) electrons. The topological polar surface area (TPSA) is 53.1 Å². The Hall–Kier alpha value is -2.14. The lowest BCUT2D eigenvalue weighted by Crippen LogP contribution is -2.23. The van der Waals surface area contributed by atoms with Gasteiger partial charge in [-0.05, 0) is 43.7 Å². The first-order chi connectivity index (χ1) is 12.4. The minimum Gasteiger partial charge on any atom is -0.453 e. The van der Waals surface area contributed by atoms with Gasteiger partial charge in [0.2, 0.25) is 0 Å². The standard InChI is InChI=1S/C20H23N3O2/c1-2-7-17-15(5-1)13-18(25-17)20-22-21-19-16(6-3-4-10-23(19)20)14-8-11-24-12-9-14/h1-2,5,7,13-14,16H,3-4,6,8-12H2/t16-/m0/s1. The number of hydrogen-bond acceptors (Lipinski definition) is 4. The summed E-state index contributed by atoms with van der Waals surface area (Å²) in [5.41, 5.74) is 0.907. The van der Waals surface area contributed by atoms with Gasteiger partial charge in [0.1, 0.15) is 11.4 Å². The Balaban J connectivity index is 1.55. The summed E-state index contributed by atoms with van der Waals surface area (Å²) in [7, 11) is 0. The molecule has 2 aliphatic heterocycles. The lowest BCUT2D eigenvalue weighted by atomic mass is 9.82. The van der Waals surface area contributed by atoms with Gasteiger partial charge in [0.25, 0.3) is 0 Å². The smallest absolute Gasteiger partial charge is 0.199 e. The van der Waals surface area contributed by atoms with Gasteiger partial charge in [0, 0.05) is 31.1 Å². The third-order valence-corrected chi connectivity index (χ3v) is 5.74. The molecule has 0 bridgehead atoms. The summed E-state index contributed by atoms with van der Waals surface area (Å²) >= 11 is 0. The molecule has 0 amide bonds. The van der Waals surface area contributed by atoms with Crippen LogP contribution >= 0.6 is 0 Å². The second-order valence-corrected chi connectivity index (χ2v) is 7.23. The van der Waals surface area contributed by atoms with Gasteiger partial charge in [-0.3, -0.25) is 0 Å². The van der Waals surface area contributed by atoms with Crippen molar-refractivity contribution in [2.75, 3.05) is 13.2 Å². The van der Waals surface area contributed by atoms with Crippen LogP contribution in [-0.4, -0.2) is 28.0 Å². The molecule has 5 heteroatoms. The molecule has 0 N–H and O–H groups in total. The molecule has 0 saturated carbocycles. The minimum absolute atomic E-state index is 0.497. The average molecular weight is 337 g/mol. The molecule has 4 heterocycles. The van der Waals surface area contributed by atoms with Crippen LogP contribution in [0.15, 0.2) is 34.7 Å². The Morgan fingerprint density at radius 3 is 2.76 bits per heavy atom. The van der Waals surface area contributed by atoms with Crippen LogP contribution in [0.2, 0.25) is 0 Å². The van der Waals surface area contributed by atoms with E-state index in [1.807, 2.05) is 18.2 Å². The highest BCUT2D eigenvalue weighted by Crippen LogP contribution is 2.39. The molecule has 130 valence electrons. The summed E-state index contributed by atoms with van der Waals surface area (Å²) in [4.78, 5) is 0. The Bertz CT molecular complexity index is 843. The molecule has 1 fully saturated rings. The Morgan fingerprint density at radius 1 is 1.00 bits per heavy atom. The third-order valence-electron chi connectivity index (χ3n) is 5.74. The number of para-hydroxylation sites is 1. The van der Waals surface area contributed by atoms with E-state index in [9.17, 15) is 0 Å². The van der Waals surface area contributed by atoms with E-state index in [1.54, 1.807) is 0 Å². The summed E-state index contributed by atoms with van der Waals surface area (Å²) in [6.07, 6.45) is 5.92. The van der Waals surface area contributed by atoms with Gasteiger partial charge in [-0.2, -0.15) is 0 Å². The van der Waals surface area contributed by atoms with Crippen LogP contribution in [-0.2, 0) is 11.3 Å². The molecule has 25 heavy (non-hydrogen) atoms. The number of benzene rings is 1. The second-order valence-electron chi connectivity index (χ2n) is 7.23. The van der Waals surface area contributed by atoms with Gasteiger partial charge < -0.3 is 13.7 Å². The molecular weight excluding hydrogens is 314 g/mol. The molecule has 5 rings (SSSR count). The highest BCUT2D eigenvalue weighted by atomic mass is 16.5. The fraction of sp³-hybridized carbons (Fsp3) is 0.500. The van der Waals surface area contributed by atoms with Crippen molar-refractivity contribution in [1.29, 1.82) is 0 Å². The van der Waals surface area contributed by atoms with E-state index in [0.717, 1.165) is 61.0 Å². The molecule has 1 aromatic carbocycles. The largest absolute Gasteiger partial charge is 0.453 e. The van der Waals surface area contributed by atoms with Crippen molar-refractivity contribution >= 4 is 11.0 Å². The number of fused-ring (bicyclic) bond motifs is 2. The number of hydrogen-bond donors (Lipinski definition) is 0. The molecule has 0 spiro atoms. The van der Waals surface area contributed by atoms with Gasteiger partial charge in [-0.25, -0.2) is 0 Å². The summed E-state index contributed by atoms with van der Waals surface area (Å²) in [6.45, 7) is 2.74. The predicted octanol–water partition coefficient (Wildman–Crippen LogP) is 4.39. The van der Waals surface area contributed by atoms with Gasteiger partial charge in [-0.1, -0.05) is 24.6 Å². The van der Waals surface area contributed by atoms with E-state index >= 15 is 0 Å². The lowest BCUT2D eigenvalue weighted by Gasteiger charge is -2.28. The van der Waals surface area contributed by atoms with Crippen LogP contribution < -0.4 is 0 Å². The van der Waals surface area contributed by atoms with Crippen LogP contribution in [0, 0.1) is 5.92 Å². The highest BCUT2D eigenvalue weighted by Gasteiger charge is 2.32. The fourth-order valence-electron chi connectivity index (χ4n) is 4.41. The molecule has 5 nitrogen and oxygen atoms in total. The minimum atomic E-state index is 0.497. The van der Waals surface area contributed by atoms with Crippen LogP contribution in [0.25, 0.3) is 22.6 Å². The average Bonchev–Trinajstić information content (AvgIpc) is 3.21. The molecule has 0 unspecified atom stereocenters. The fourth-order valence-corrected chi connectivity index (χ4v) is 4.41. The van der Waals surface area contributed by atoms with E-state index in [4.69, 9.17) is 9.15 Å². The number of nitrogens with zero attached hydrogens (tertiary/aromatic N) is 3. The summed E-state index contributed by atoms with van der Waals surface area (Å²) in [5.74, 6) is 4.02. The molecular formula is C20H23N3O2. The van der Waals surface area contributed by atoms with Crippen molar-refractivity contribution in [3.8, 4) is 11.6 Å². The van der Waals surface area contributed by atoms with E-state index in [2.05, 4.69) is 26.9 Å². The SMILES string of the molecule is c1ccc2oc(-c3nnc4n3CCCC[C@H]4C3CCOCC3)cc2c1. The normalized spacial score (nSPS) is 22.0. The van der Waals surface area contributed by atoms with Crippen molar-refractivity contribution < 1.29 is 9.15 Å². The van der Waals surface area contributed by atoms with Crippen molar-refractivity contribution in [1.82, 2.24) is 14.8 Å². The Morgan fingerprint density at radius 2 is 1.88 bits per heavy atom. The van der Waals surface area contributed by atoms with Crippen LogP contribution in [0.1, 0.15) is 43.8 Å².